The summed E-state index contributed by atoms with van der Waals surface area (Å²) in [5, 5.41) is 0. The van der Waals surface area contributed by atoms with Gasteiger partial charge in [-0.3, -0.25) is 4.90 Å². The zero-order chi connectivity index (χ0) is 15.2. The number of rotatable bonds is 8. The number of nitrogens with two attached hydrogens (primary N) is 1. The second kappa shape index (κ2) is 7.75. The van der Waals surface area contributed by atoms with Gasteiger partial charge in [-0.15, -0.1) is 0 Å². The first-order chi connectivity index (χ1) is 9.46. The van der Waals surface area contributed by atoms with Crippen LogP contribution < -0.4 is 5.73 Å². The van der Waals surface area contributed by atoms with E-state index >= 15 is 0 Å². The molecule has 0 fully saturated rings. The number of benzene rings is 1. The van der Waals surface area contributed by atoms with Gasteiger partial charge in [-0.25, -0.2) is 4.39 Å². The fraction of sp³-hybridized carbons (Fsp3) is 0.647. The maximum atomic E-state index is 13.9. The van der Waals surface area contributed by atoms with Gasteiger partial charge in [-0.1, -0.05) is 45.4 Å². The molecule has 0 saturated heterocycles. The van der Waals surface area contributed by atoms with Crippen molar-refractivity contribution < 1.29 is 4.39 Å². The molecule has 0 aliphatic carbocycles. The summed E-state index contributed by atoms with van der Waals surface area (Å²) in [6.45, 7) is 11.2. The molecule has 1 rings (SSSR count). The lowest BCUT2D eigenvalue weighted by Crippen LogP contribution is -2.54. The highest BCUT2D eigenvalue weighted by Crippen LogP contribution is 2.23. The van der Waals surface area contributed by atoms with Crippen molar-refractivity contribution in [3.8, 4) is 0 Å². The predicted molar refractivity (Wildman–Crippen MR) is 84.3 cm³/mol. The molecule has 2 N–H and O–H groups in total. The van der Waals surface area contributed by atoms with Gasteiger partial charge in [0.05, 0.1) is 0 Å². The summed E-state index contributed by atoms with van der Waals surface area (Å²) in [5.74, 6) is 0.494. The Hall–Kier alpha value is -0.930. The van der Waals surface area contributed by atoms with Crippen LogP contribution in [-0.2, 0) is 6.42 Å². The van der Waals surface area contributed by atoms with Gasteiger partial charge in [0.25, 0.3) is 0 Å². The van der Waals surface area contributed by atoms with Crippen LogP contribution in [0.5, 0.6) is 0 Å². The van der Waals surface area contributed by atoms with Crippen molar-refractivity contribution >= 4 is 0 Å². The highest BCUT2D eigenvalue weighted by Gasteiger charge is 2.31. The van der Waals surface area contributed by atoms with Crippen LogP contribution in [0, 0.1) is 11.7 Å². The monoisotopic (exact) mass is 280 g/mol. The number of halogens is 1. The van der Waals surface area contributed by atoms with Gasteiger partial charge < -0.3 is 5.73 Å². The molecule has 0 saturated carbocycles. The van der Waals surface area contributed by atoms with Crippen molar-refractivity contribution in [1.82, 2.24) is 4.90 Å². The zero-order valence-electron chi connectivity index (χ0n) is 13.3. The largest absolute Gasteiger partial charge is 0.329 e. The second-order valence-corrected chi connectivity index (χ2v) is 6.02. The third-order valence-electron chi connectivity index (χ3n) is 4.34. The first-order valence-electron chi connectivity index (χ1n) is 7.65. The highest BCUT2D eigenvalue weighted by atomic mass is 19.1. The third kappa shape index (κ3) is 4.29. The molecule has 0 aliphatic heterocycles. The van der Waals surface area contributed by atoms with Gasteiger partial charge in [0.1, 0.15) is 5.82 Å². The van der Waals surface area contributed by atoms with Crippen molar-refractivity contribution in [2.75, 3.05) is 19.6 Å². The Morgan fingerprint density at radius 3 is 2.45 bits per heavy atom. The fourth-order valence-electron chi connectivity index (χ4n) is 2.60. The van der Waals surface area contributed by atoms with E-state index in [0.717, 1.165) is 25.1 Å². The molecule has 0 spiro atoms. The first kappa shape index (κ1) is 17.1. The van der Waals surface area contributed by atoms with E-state index in [-0.39, 0.29) is 11.4 Å². The number of hydrogen-bond donors (Lipinski definition) is 1. The highest BCUT2D eigenvalue weighted by molar-refractivity contribution is 5.20. The molecule has 20 heavy (non-hydrogen) atoms. The quantitative estimate of drug-likeness (QED) is 0.790. The molecule has 0 radical (unpaired) electrons. The topological polar surface area (TPSA) is 29.3 Å². The summed E-state index contributed by atoms with van der Waals surface area (Å²) in [4.78, 5) is 2.40. The Morgan fingerprint density at radius 2 is 1.95 bits per heavy atom. The standard InChI is InChI=1S/C17H29FN2/c1-5-14(3)12-20(6-2)17(4,13-19)11-15-9-7-8-10-16(15)18/h7-10,14H,5-6,11-13,19H2,1-4H3. The molecule has 0 aromatic heterocycles. The van der Waals surface area contributed by atoms with E-state index in [0.29, 0.717) is 18.9 Å². The van der Waals surface area contributed by atoms with E-state index in [1.165, 1.54) is 6.07 Å². The minimum Gasteiger partial charge on any atom is -0.329 e. The van der Waals surface area contributed by atoms with Crippen molar-refractivity contribution in [3.63, 3.8) is 0 Å². The minimum absolute atomic E-state index is 0.133. The minimum atomic E-state index is -0.194. The van der Waals surface area contributed by atoms with Crippen LogP contribution in [0.1, 0.15) is 39.7 Å². The van der Waals surface area contributed by atoms with Crippen LogP contribution in [0.2, 0.25) is 0 Å². The van der Waals surface area contributed by atoms with Gasteiger partial charge in [-0.2, -0.15) is 0 Å². The number of nitrogens with zero attached hydrogens (tertiary/aromatic N) is 1. The summed E-state index contributed by atoms with van der Waals surface area (Å²) in [5.41, 5.74) is 6.59. The second-order valence-electron chi connectivity index (χ2n) is 6.02. The van der Waals surface area contributed by atoms with E-state index in [1.54, 1.807) is 6.07 Å². The summed E-state index contributed by atoms with van der Waals surface area (Å²) in [6, 6.07) is 7.01. The third-order valence-corrected chi connectivity index (χ3v) is 4.34. The van der Waals surface area contributed by atoms with Gasteiger partial charge >= 0.3 is 0 Å². The van der Waals surface area contributed by atoms with Gasteiger partial charge in [0, 0.05) is 18.6 Å². The molecular weight excluding hydrogens is 251 g/mol. The number of hydrogen-bond acceptors (Lipinski definition) is 2. The van der Waals surface area contributed by atoms with Crippen molar-refractivity contribution in [2.24, 2.45) is 11.7 Å². The van der Waals surface area contributed by atoms with Gasteiger partial charge in [0.15, 0.2) is 0 Å². The molecule has 2 unspecified atom stereocenters. The Balaban J connectivity index is 2.91. The molecule has 0 heterocycles. The van der Waals surface area contributed by atoms with Crippen molar-refractivity contribution in [3.05, 3.63) is 35.6 Å². The molecule has 2 nitrogen and oxygen atoms in total. The summed E-state index contributed by atoms with van der Waals surface area (Å²) in [7, 11) is 0. The van der Waals surface area contributed by atoms with Crippen LogP contribution in [0.3, 0.4) is 0 Å². The van der Waals surface area contributed by atoms with Crippen LogP contribution in [0.4, 0.5) is 4.39 Å². The molecule has 1 aromatic rings. The van der Waals surface area contributed by atoms with Crippen molar-refractivity contribution in [2.45, 2.75) is 46.1 Å². The predicted octanol–water partition coefficient (Wildman–Crippen LogP) is 3.45. The molecule has 2 atom stereocenters. The molecule has 0 amide bonds. The molecule has 1 aromatic carbocycles. The maximum Gasteiger partial charge on any atom is 0.126 e. The molecular formula is C17H29FN2. The zero-order valence-corrected chi connectivity index (χ0v) is 13.3. The smallest absolute Gasteiger partial charge is 0.126 e. The van der Waals surface area contributed by atoms with E-state index in [9.17, 15) is 4.39 Å². The summed E-state index contributed by atoms with van der Waals surface area (Å²) in [6.07, 6.45) is 1.80. The Kier molecular flexibility index (Phi) is 6.63. The molecule has 3 heteroatoms. The molecule has 0 bridgehead atoms. The van der Waals surface area contributed by atoms with Crippen LogP contribution in [0.15, 0.2) is 24.3 Å². The van der Waals surface area contributed by atoms with Gasteiger partial charge in [-0.05, 0) is 37.4 Å². The number of likely N-dealkylation sites (N-methyl/N-ethyl adjacent to an activating group) is 1. The van der Waals surface area contributed by atoms with E-state index < -0.39 is 0 Å². The normalized spacial score (nSPS) is 16.1. The first-order valence-corrected chi connectivity index (χ1v) is 7.65. The average Bonchev–Trinajstić information content (AvgIpc) is 2.46. The van der Waals surface area contributed by atoms with Crippen LogP contribution >= 0.6 is 0 Å². The summed E-state index contributed by atoms with van der Waals surface area (Å²) < 4.78 is 13.9. The Bertz CT molecular complexity index is 408. The molecule has 0 aliphatic rings. The molecule has 114 valence electrons. The Labute approximate surface area is 123 Å². The van der Waals surface area contributed by atoms with E-state index in [4.69, 9.17) is 5.73 Å². The SMILES string of the molecule is CCC(C)CN(CC)C(C)(CN)Cc1ccccc1F. The van der Waals surface area contributed by atoms with Crippen molar-refractivity contribution in [1.29, 1.82) is 0 Å². The van der Waals surface area contributed by atoms with Gasteiger partial charge in [0.2, 0.25) is 0 Å². The van der Waals surface area contributed by atoms with Crippen LogP contribution in [0.25, 0.3) is 0 Å². The van der Waals surface area contributed by atoms with Crippen LogP contribution in [-0.4, -0.2) is 30.1 Å². The fourth-order valence-corrected chi connectivity index (χ4v) is 2.60. The Morgan fingerprint density at radius 1 is 1.30 bits per heavy atom. The maximum absolute atomic E-state index is 13.9. The lowest BCUT2D eigenvalue weighted by molar-refractivity contribution is 0.0972. The average molecular weight is 280 g/mol. The lowest BCUT2D eigenvalue weighted by Gasteiger charge is -2.41. The summed E-state index contributed by atoms with van der Waals surface area (Å²) >= 11 is 0. The van der Waals surface area contributed by atoms with E-state index in [2.05, 4.69) is 32.6 Å². The lowest BCUT2D eigenvalue weighted by atomic mass is 9.89. The van der Waals surface area contributed by atoms with E-state index in [1.807, 2.05) is 12.1 Å².